The molecule has 0 saturated carbocycles. The second-order valence-electron chi connectivity index (χ2n) is 3.39. The number of hydrogen-bond donors (Lipinski definition) is 0. The molecule has 0 N–H and O–H groups in total. The standard InChI is InChI=1S/C11H13IO/c12-8-10-6-7-11(13-10)9-4-2-1-3-5-9/h1-5,10-11H,6-8H2/t10-,11-/m0/s1. The van der Waals surface area contributed by atoms with E-state index in [1.54, 1.807) is 0 Å². The highest BCUT2D eigenvalue weighted by atomic mass is 127. The number of ether oxygens (including phenoxy) is 1. The molecule has 0 aromatic heterocycles. The summed E-state index contributed by atoms with van der Waals surface area (Å²) < 4.78 is 7.00. The Morgan fingerprint density at radius 1 is 1.23 bits per heavy atom. The third-order valence-corrected chi connectivity index (χ3v) is 3.43. The molecule has 0 aliphatic carbocycles. The Morgan fingerprint density at radius 3 is 2.62 bits per heavy atom. The Labute approximate surface area is 92.6 Å². The maximum atomic E-state index is 5.89. The molecule has 0 radical (unpaired) electrons. The first-order valence-corrected chi connectivity index (χ1v) is 6.19. The first-order chi connectivity index (χ1) is 6.40. The lowest BCUT2D eigenvalue weighted by atomic mass is 10.1. The van der Waals surface area contributed by atoms with Crippen molar-refractivity contribution in [3.05, 3.63) is 35.9 Å². The van der Waals surface area contributed by atoms with Crippen molar-refractivity contribution < 1.29 is 4.74 Å². The van der Waals surface area contributed by atoms with Crippen LogP contribution in [0.1, 0.15) is 24.5 Å². The zero-order chi connectivity index (χ0) is 9.10. The molecule has 1 fully saturated rings. The normalized spacial score (nSPS) is 27.8. The highest BCUT2D eigenvalue weighted by Crippen LogP contribution is 2.32. The van der Waals surface area contributed by atoms with Crippen LogP contribution in [0.2, 0.25) is 0 Å². The van der Waals surface area contributed by atoms with Crippen molar-refractivity contribution in [2.45, 2.75) is 25.0 Å². The Morgan fingerprint density at radius 2 is 2.00 bits per heavy atom. The zero-order valence-corrected chi connectivity index (χ0v) is 9.61. The van der Waals surface area contributed by atoms with Gasteiger partial charge >= 0.3 is 0 Å². The fourth-order valence-electron chi connectivity index (χ4n) is 1.73. The van der Waals surface area contributed by atoms with Crippen LogP contribution in [0.3, 0.4) is 0 Å². The SMILES string of the molecule is IC[C@@H]1CC[C@@H](c2ccccc2)O1. The van der Waals surface area contributed by atoms with E-state index in [9.17, 15) is 0 Å². The molecule has 1 nitrogen and oxygen atoms in total. The van der Waals surface area contributed by atoms with Crippen molar-refractivity contribution in [2.75, 3.05) is 4.43 Å². The molecule has 1 saturated heterocycles. The second-order valence-corrected chi connectivity index (χ2v) is 4.27. The van der Waals surface area contributed by atoms with E-state index in [0.29, 0.717) is 12.2 Å². The third kappa shape index (κ3) is 2.23. The van der Waals surface area contributed by atoms with E-state index < -0.39 is 0 Å². The van der Waals surface area contributed by atoms with Crippen molar-refractivity contribution in [1.29, 1.82) is 0 Å². The highest BCUT2D eigenvalue weighted by Gasteiger charge is 2.24. The number of alkyl halides is 1. The van der Waals surface area contributed by atoms with E-state index in [4.69, 9.17) is 4.74 Å². The quantitative estimate of drug-likeness (QED) is 0.599. The molecular weight excluding hydrogens is 275 g/mol. The minimum absolute atomic E-state index is 0.348. The lowest BCUT2D eigenvalue weighted by Crippen LogP contribution is -2.07. The highest BCUT2D eigenvalue weighted by molar-refractivity contribution is 14.1. The maximum Gasteiger partial charge on any atom is 0.0830 e. The summed E-state index contributed by atoms with van der Waals surface area (Å²) in [6, 6.07) is 10.5. The molecule has 2 rings (SSSR count). The van der Waals surface area contributed by atoms with Crippen LogP contribution in [0.5, 0.6) is 0 Å². The average Bonchev–Trinajstić information content (AvgIpc) is 2.67. The van der Waals surface area contributed by atoms with Crippen LogP contribution in [0, 0.1) is 0 Å². The molecule has 13 heavy (non-hydrogen) atoms. The summed E-state index contributed by atoms with van der Waals surface area (Å²) in [4.78, 5) is 0. The molecule has 1 aromatic carbocycles. The Balaban J connectivity index is 2.04. The van der Waals surface area contributed by atoms with Crippen LogP contribution >= 0.6 is 22.6 Å². The summed E-state index contributed by atoms with van der Waals surface area (Å²) in [5.41, 5.74) is 1.33. The van der Waals surface area contributed by atoms with Crippen LogP contribution in [-0.2, 0) is 4.74 Å². The number of hydrogen-bond acceptors (Lipinski definition) is 1. The van der Waals surface area contributed by atoms with Gasteiger partial charge in [0.2, 0.25) is 0 Å². The van der Waals surface area contributed by atoms with Gasteiger partial charge in [0.05, 0.1) is 12.2 Å². The van der Waals surface area contributed by atoms with Crippen molar-refractivity contribution in [3.63, 3.8) is 0 Å². The molecule has 0 spiro atoms. The van der Waals surface area contributed by atoms with E-state index in [1.165, 1.54) is 18.4 Å². The minimum atomic E-state index is 0.348. The summed E-state index contributed by atoms with van der Waals surface area (Å²) in [6.07, 6.45) is 3.21. The second kappa shape index (κ2) is 4.42. The molecule has 0 amide bonds. The lowest BCUT2D eigenvalue weighted by Gasteiger charge is -2.11. The molecule has 0 bridgehead atoms. The zero-order valence-electron chi connectivity index (χ0n) is 7.45. The Kier molecular flexibility index (Phi) is 3.22. The molecule has 2 atom stereocenters. The van der Waals surface area contributed by atoms with Gasteiger partial charge in [0.1, 0.15) is 0 Å². The first kappa shape index (κ1) is 9.46. The smallest absolute Gasteiger partial charge is 0.0830 e. The predicted molar refractivity (Wildman–Crippen MR) is 62.2 cm³/mol. The van der Waals surface area contributed by atoms with Crippen molar-refractivity contribution >= 4 is 22.6 Å². The van der Waals surface area contributed by atoms with Gasteiger partial charge in [-0.2, -0.15) is 0 Å². The van der Waals surface area contributed by atoms with Crippen LogP contribution < -0.4 is 0 Å². The molecular formula is C11H13IO. The average molecular weight is 288 g/mol. The number of rotatable bonds is 2. The molecule has 70 valence electrons. The summed E-state index contributed by atoms with van der Waals surface area (Å²) in [5, 5.41) is 0. The number of benzene rings is 1. The van der Waals surface area contributed by atoms with Gasteiger partial charge in [-0.25, -0.2) is 0 Å². The van der Waals surface area contributed by atoms with E-state index >= 15 is 0 Å². The van der Waals surface area contributed by atoms with Crippen LogP contribution in [0.25, 0.3) is 0 Å². The Hall–Kier alpha value is -0.0900. The predicted octanol–water partition coefficient (Wildman–Crippen LogP) is 3.34. The van der Waals surface area contributed by atoms with Gasteiger partial charge in [-0.3, -0.25) is 0 Å². The van der Waals surface area contributed by atoms with Crippen LogP contribution in [-0.4, -0.2) is 10.5 Å². The lowest BCUT2D eigenvalue weighted by molar-refractivity contribution is 0.0597. The largest absolute Gasteiger partial charge is 0.370 e. The van der Waals surface area contributed by atoms with Crippen molar-refractivity contribution in [3.8, 4) is 0 Å². The van der Waals surface area contributed by atoms with Gasteiger partial charge in [0, 0.05) is 4.43 Å². The van der Waals surface area contributed by atoms with E-state index in [1.807, 2.05) is 6.07 Å². The van der Waals surface area contributed by atoms with Crippen LogP contribution in [0.15, 0.2) is 30.3 Å². The monoisotopic (exact) mass is 288 g/mol. The van der Waals surface area contributed by atoms with Gasteiger partial charge in [-0.15, -0.1) is 0 Å². The maximum absolute atomic E-state index is 5.89. The van der Waals surface area contributed by atoms with Crippen LogP contribution in [0.4, 0.5) is 0 Å². The summed E-state index contributed by atoms with van der Waals surface area (Å²) in [6.45, 7) is 0. The van der Waals surface area contributed by atoms with Gasteiger partial charge in [0.15, 0.2) is 0 Å². The third-order valence-electron chi connectivity index (χ3n) is 2.45. The molecule has 1 aliphatic heterocycles. The Bertz CT molecular complexity index is 260. The topological polar surface area (TPSA) is 9.23 Å². The minimum Gasteiger partial charge on any atom is -0.370 e. The fraction of sp³-hybridized carbons (Fsp3) is 0.455. The first-order valence-electron chi connectivity index (χ1n) is 4.66. The van der Waals surface area contributed by atoms with Crippen molar-refractivity contribution in [1.82, 2.24) is 0 Å². The fourth-order valence-corrected chi connectivity index (χ4v) is 2.38. The molecule has 1 aliphatic rings. The summed E-state index contributed by atoms with van der Waals surface area (Å²) in [5.74, 6) is 0. The van der Waals surface area contributed by atoms with E-state index in [-0.39, 0.29) is 0 Å². The van der Waals surface area contributed by atoms with Gasteiger partial charge < -0.3 is 4.74 Å². The molecule has 1 aromatic rings. The van der Waals surface area contributed by atoms with E-state index in [0.717, 1.165) is 4.43 Å². The van der Waals surface area contributed by atoms with Gasteiger partial charge in [-0.05, 0) is 18.4 Å². The molecule has 2 heteroatoms. The molecule has 0 unspecified atom stereocenters. The van der Waals surface area contributed by atoms with Gasteiger partial charge in [-0.1, -0.05) is 52.9 Å². The summed E-state index contributed by atoms with van der Waals surface area (Å²) >= 11 is 2.39. The molecule has 1 heterocycles. The van der Waals surface area contributed by atoms with E-state index in [2.05, 4.69) is 46.9 Å². The van der Waals surface area contributed by atoms with Crippen molar-refractivity contribution in [2.24, 2.45) is 0 Å². The van der Waals surface area contributed by atoms with Gasteiger partial charge in [0.25, 0.3) is 0 Å². The summed E-state index contributed by atoms with van der Waals surface area (Å²) in [7, 11) is 0. The number of halogens is 1.